The summed E-state index contributed by atoms with van der Waals surface area (Å²) in [4.78, 5) is 16.6. The van der Waals surface area contributed by atoms with Crippen molar-refractivity contribution in [1.82, 2.24) is 19.9 Å². The first-order chi connectivity index (χ1) is 9.16. The second-order valence-electron chi connectivity index (χ2n) is 5.64. The standard InChI is InChI=1S/C14H21N5/c1-10-5-7-18(2)8-12(10)19(3)14-11-4-6-15-13(11)16-9-17-14/h4,6,9-10,12H,5,7-8H2,1-3H3,(H,15,16,17)/t10-,12+/m1/s1. The molecule has 1 aliphatic heterocycles. The molecule has 1 fully saturated rings. The molecule has 2 aromatic heterocycles. The van der Waals surface area contributed by atoms with E-state index in [0.29, 0.717) is 12.0 Å². The Labute approximate surface area is 113 Å². The van der Waals surface area contributed by atoms with Crippen LogP contribution in [0.5, 0.6) is 0 Å². The lowest BCUT2D eigenvalue weighted by atomic mass is 9.92. The van der Waals surface area contributed by atoms with E-state index in [1.54, 1.807) is 6.33 Å². The number of likely N-dealkylation sites (N-methyl/N-ethyl adjacent to an activating group) is 2. The van der Waals surface area contributed by atoms with Gasteiger partial charge >= 0.3 is 0 Å². The van der Waals surface area contributed by atoms with Gasteiger partial charge in [-0.2, -0.15) is 0 Å². The number of aromatic nitrogens is 3. The van der Waals surface area contributed by atoms with E-state index < -0.39 is 0 Å². The van der Waals surface area contributed by atoms with Gasteiger partial charge in [0, 0.05) is 25.8 Å². The van der Waals surface area contributed by atoms with E-state index in [9.17, 15) is 0 Å². The Bertz CT molecular complexity index is 564. The largest absolute Gasteiger partial charge is 0.354 e. The molecule has 1 saturated heterocycles. The lowest BCUT2D eigenvalue weighted by Crippen LogP contribution is -2.50. The number of nitrogens with zero attached hydrogens (tertiary/aromatic N) is 4. The van der Waals surface area contributed by atoms with Crippen LogP contribution in [0.25, 0.3) is 11.0 Å². The van der Waals surface area contributed by atoms with Crippen molar-refractivity contribution in [2.24, 2.45) is 5.92 Å². The van der Waals surface area contributed by atoms with Gasteiger partial charge in [0.2, 0.25) is 0 Å². The fourth-order valence-corrected chi connectivity index (χ4v) is 3.01. The molecule has 3 rings (SSSR count). The van der Waals surface area contributed by atoms with Crippen LogP contribution in [-0.4, -0.2) is 53.1 Å². The summed E-state index contributed by atoms with van der Waals surface area (Å²) in [5.41, 5.74) is 0.911. The van der Waals surface area contributed by atoms with Crippen LogP contribution in [-0.2, 0) is 0 Å². The second-order valence-corrected chi connectivity index (χ2v) is 5.64. The highest BCUT2D eigenvalue weighted by Gasteiger charge is 2.29. The summed E-state index contributed by atoms with van der Waals surface area (Å²) in [6.45, 7) is 4.62. The number of nitrogens with one attached hydrogen (secondary N) is 1. The number of H-pyrrole nitrogens is 1. The van der Waals surface area contributed by atoms with Gasteiger partial charge in [0.15, 0.2) is 0 Å². The van der Waals surface area contributed by atoms with Gasteiger partial charge in [-0.1, -0.05) is 6.92 Å². The van der Waals surface area contributed by atoms with Crippen LogP contribution < -0.4 is 4.90 Å². The number of likely N-dealkylation sites (tertiary alicyclic amines) is 1. The summed E-state index contributed by atoms with van der Waals surface area (Å²) in [7, 11) is 4.34. The Morgan fingerprint density at radius 3 is 3.11 bits per heavy atom. The molecule has 1 N–H and O–H groups in total. The average Bonchev–Trinajstić information content (AvgIpc) is 2.89. The molecular formula is C14H21N5. The molecule has 19 heavy (non-hydrogen) atoms. The number of hydrogen-bond donors (Lipinski definition) is 1. The minimum Gasteiger partial charge on any atom is -0.354 e. The molecule has 5 nitrogen and oxygen atoms in total. The molecule has 0 unspecified atom stereocenters. The molecule has 5 heteroatoms. The van der Waals surface area contributed by atoms with Crippen LogP contribution in [0.1, 0.15) is 13.3 Å². The normalized spacial score (nSPS) is 24.8. The zero-order valence-corrected chi connectivity index (χ0v) is 11.8. The van der Waals surface area contributed by atoms with Crippen LogP contribution in [0.3, 0.4) is 0 Å². The molecule has 0 amide bonds. The third-order valence-corrected chi connectivity index (χ3v) is 4.29. The van der Waals surface area contributed by atoms with Gasteiger partial charge in [-0.15, -0.1) is 0 Å². The molecule has 2 aromatic rings. The van der Waals surface area contributed by atoms with E-state index in [1.807, 2.05) is 6.20 Å². The van der Waals surface area contributed by atoms with Crippen molar-refractivity contribution in [3.8, 4) is 0 Å². The Hall–Kier alpha value is -1.62. The van der Waals surface area contributed by atoms with Gasteiger partial charge in [-0.05, 0) is 32.0 Å². The van der Waals surface area contributed by atoms with Crippen molar-refractivity contribution in [3.05, 3.63) is 18.6 Å². The first kappa shape index (κ1) is 12.4. The van der Waals surface area contributed by atoms with Crippen molar-refractivity contribution in [2.45, 2.75) is 19.4 Å². The fraction of sp³-hybridized carbons (Fsp3) is 0.571. The number of fused-ring (bicyclic) bond motifs is 1. The van der Waals surface area contributed by atoms with E-state index in [4.69, 9.17) is 0 Å². The van der Waals surface area contributed by atoms with Gasteiger partial charge in [0.25, 0.3) is 0 Å². The molecule has 3 heterocycles. The summed E-state index contributed by atoms with van der Waals surface area (Å²) in [5, 5.41) is 1.10. The zero-order valence-electron chi connectivity index (χ0n) is 11.8. The number of piperidine rings is 1. The molecule has 2 atom stereocenters. The molecule has 0 aliphatic carbocycles. The van der Waals surface area contributed by atoms with Gasteiger partial charge < -0.3 is 14.8 Å². The summed E-state index contributed by atoms with van der Waals surface area (Å²) >= 11 is 0. The first-order valence-corrected chi connectivity index (χ1v) is 6.86. The van der Waals surface area contributed by atoms with Crippen molar-refractivity contribution in [3.63, 3.8) is 0 Å². The number of hydrogen-bond acceptors (Lipinski definition) is 4. The van der Waals surface area contributed by atoms with Crippen molar-refractivity contribution < 1.29 is 0 Å². The maximum atomic E-state index is 4.49. The molecular weight excluding hydrogens is 238 g/mol. The van der Waals surface area contributed by atoms with Gasteiger partial charge in [-0.3, -0.25) is 0 Å². The van der Waals surface area contributed by atoms with E-state index in [-0.39, 0.29) is 0 Å². The Kier molecular flexibility index (Phi) is 3.14. The van der Waals surface area contributed by atoms with Crippen LogP contribution in [0.4, 0.5) is 5.82 Å². The molecule has 0 bridgehead atoms. The van der Waals surface area contributed by atoms with Crippen LogP contribution in [0.15, 0.2) is 18.6 Å². The molecule has 0 radical (unpaired) electrons. The van der Waals surface area contributed by atoms with Crippen LogP contribution >= 0.6 is 0 Å². The van der Waals surface area contributed by atoms with Crippen molar-refractivity contribution >= 4 is 16.9 Å². The van der Waals surface area contributed by atoms with Gasteiger partial charge in [0.05, 0.1) is 5.39 Å². The third-order valence-electron chi connectivity index (χ3n) is 4.29. The highest BCUT2D eigenvalue weighted by atomic mass is 15.3. The third kappa shape index (κ3) is 2.18. The summed E-state index contributed by atoms with van der Waals surface area (Å²) in [6, 6.07) is 2.56. The van der Waals surface area contributed by atoms with Crippen molar-refractivity contribution in [2.75, 3.05) is 32.1 Å². The first-order valence-electron chi connectivity index (χ1n) is 6.86. The second kappa shape index (κ2) is 4.81. The average molecular weight is 259 g/mol. The highest BCUT2D eigenvalue weighted by molar-refractivity contribution is 5.87. The van der Waals surface area contributed by atoms with Crippen LogP contribution in [0, 0.1) is 5.92 Å². The Balaban J connectivity index is 1.94. The quantitative estimate of drug-likeness (QED) is 0.892. The molecule has 0 aromatic carbocycles. The predicted octanol–water partition coefficient (Wildman–Crippen LogP) is 1.73. The summed E-state index contributed by atoms with van der Waals surface area (Å²) in [6.07, 6.45) is 4.81. The van der Waals surface area contributed by atoms with Crippen molar-refractivity contribution in [1.29, 1.82) is 0 Å². The minimum absolute atomic E-state index is 0.506. The molecule has 102 valence electrons. The van der Waals surface area contributed by atoms with E-state index in [1.165, 1.54) is 13.0 Å². The predicted molar refractivity (Wildman–Crippen MR) is 77.4 cm³/mol. The smallest absolute Gasteiger partial charge is 0.142 e. The lowest BCUT2D eigenvalue weighted by Gasteiger charge is -2.40. The highest BCUT2D eigenvalue weighted by Crippen LogP contribution is 2.27. The Morgan fingerprint density at radius 2 is 2.26 bits per heavy atom. The number of aromatic amines is 1. The molecule has 0 spiro atoms. The Morgan fingerprint density at radius 1 is 1.42 bits per heavy atom. The van der Waals surface area contributed by atoms with E-state index in [0.717, 1.165) is 23.4 Å². The summed E-state index contributed by atoms with van der Waals surface area (Å²) in [5.74, 6) is 1.71. The topological polar surface area (TPSA) is 48.1 Å². The fourth-order valence-electron chi connectivity index (χ4n) is 3.01. The zero-order chi connectivity index (χ0) is 13.4. The van der Waals surface area contributed by atoms with E-state index >= 15 is 0 Å². The molecule has 1 aliphatic rings. The monoisotopic (exact) mass is 259 g/mol. The van der Waals surface area contributed by atoms with Crippen LogP contribution in [0.2, 0.25) is 0 Å². The SMILES string of the molecule is C[C@@H]1CCN(C)C[C@@H]1N(C)c1ncnc2[nH]ccc12. The lowest BCUT2D eigenvalue weighted by molar-refractivity contribution is 0.197. The number of rotatable bonds is 2. The maximum Gasteiger partial charge on any atom is 0.142 e. The number of anilines is 1. The van der Waals surface area contributed by atoms with Gasteiger partial charge in [0.1, 0.15) is 17.8 Å². The van der Waals surface area contributed by atoms with Gasteiger partial charge in [-0.25, -0.2) is 9.97 Å². The van der Waals surface area contributed by atoms with E-state index in [2.05, 4.69) is 51.8 Å². The molecule has 0 saturated carbocycles. The maximum absolute atomic E-state index is 4.49. The minimum atomic E-state index is 0.506. The summed E-state index contributed by atoms with van der Waals surface area (Å²) < 4.78 is 0.